The van der Waals surface area contributed by atoms with Gasteiger partial charge >= 0.3 is 12.1 Å². The minimum Gasteiger partial charge on any atom is -0.492 e. The Morgan fingerprint density at radius 3 is 2.28 bits per heavy atom. The molecule has 214 valence electrons. The van der Waals surface area contributed by atoms with Crippen molar-refractivity contribution in [3.63, 3.8) is 0 Å². The Morgan fingerprint density at radius 2 is 1.64 bits per heavy atom. The summed E-state index contributed by atoms with van der Waals surface area (Å²) in [4.78, 5) is 25.9. The molecule has 0 heterocycles. The summed E-state index contributed by atoms with van der Waals surface area (Å²) in [7, 11) is 0. The minimum atomic E-state index is -0.988. The predicted octanol–water partition coefficient (Wildman–Crippen LogP) is 6.39. The fraction of sp³-hybridized carbons (Fsp3) is 0.517. The Bertz CT molecular complexity index is 1020. The summed E-state index contributed by atoms with van der Waals surface area (Å²) in [5.41, 5.74) is 1.69. The van der Waals surface area contributed by atoms with Crippen LogP contribution in [0.2, 0.25) is 10.0 Å². The van der Waals surface area contributed by atoms with Crippen molar-refractivity contribution in [2.24, 2.45) is 0 Å². The van der Waals surface area contributed by atoms with E-state index < -0.39 is 12.1 Å². The summed E-state index contributed by atoms with van der Waals surface area (Å²) < 4.78 is 22.7. The molecule has 0 saturated heterocycles. The van der Waals surface area contributed by atoms with Gasteiger partial charge in [0, 0.05) is 29.6 Å². The summed E-state index contributed by atoms with van der Waals surface area (Å²) >= 11 is 12.1. The van der Waals surface area contributed by atoms with Crippen molar-refractivity contribution < 1.29 is 33.6 Å². The maximum Gasteiger partial charge on any atom is 0.410 e. The van der Waals surface area contributed by atoms with E-state index in [0.29, 0.717) is 48.7 Å². The number of hydrogen-bond acceptors (Lipinski definition) is 6. The van der Waals surface area contributed by atoms with Crippen molar-refractivity contribution in [3.8, 4) is 5.75 Å². The molecule has 1 amide bonds. The van der Waals surface area contributed by atoms with Gasteiger partial charge in [-0.1, -0.05) is 41.8 Å². The Labute approximate surface area is 240 Å². The zero-order chi connectivity index (χ0) is 28.0. The fourth-order valence-electron chi connectivity index (χ4n) is 4.38. The summed E-state index contributed by atoms with van der Waals surface area (Å²) in [6.07, 6.45) is 4.05. The molecule has 0 aromatic heterocycles. The number of nitrogens with zero attached hydrogens (tertiary/aromatic N) is 1. The fourth-order valence-corrected chi connectivity index (χ4v) is 4.95. The highest BCUT2D eigenvalue weighted by molar-refractivity contribution is 6.34. The van der Waals surface area contributed by atoms with Crippen LogP contribution in [0, 0.1) is 0 Å². The van der Waals surface area contributed by atoms with Crippen LogP contribution >= 0.6 is 23.2 Å². The number of amides is 1. The lowest BCUT2D eigenvalue weighted by molar-refractivity contribution is -0.149. The largest absolute Gasteiger partial charge is 0.492 e. The molecule has 0 bridgehead atoms. The maximum absolute atomic E-state index is 13.0. The molecule has 10 heteroatoms. The van der Waals surface area contributed by atoms with Crippen molar-refractivity contribution in [2.45, 2.75) is 64.3 Å². The van der Waals surface area contributed by atoms with Crippen LogP contribution in [0.3, 0.4) is 0 Å². The first-order valence-electron chi connectivity index (χ1n) is 13.4. The van der Waals surface area contributed by atoms with Gasteiger partial charge in [0.25, 0.3) is 0 Å². The lowest BCUT2D eigenvalue weighted by Crippen LogP contribution is -2.39. The molecule has 2 aromatic carbocycles. The van der Waals surface area contributed by atoms with E-state index >= 15 is 0 Å². The molecular formula is C29H37Cl2NO7. The summed E-state index contributed by atoms with van der Waals surface area (Å²) in [6, 6.07) is 12.4. The predicted molar refractivity (Wildman–Crippen MR) is 150 cm³/mol. The highest BCUT2D eigenvalue weighted by atomic mass is 35.5. The second-order valence-electron chi connectivity index (χ2n) is 9.44. The zero-order valence-corrected chi connectivity index (χ0v) is 23.8. The van der Waals surface area contributed by atoms with E-state index in [1.165, 1.54) is 6.42 Å². The molecule has 1 unspecified atom stereocenters. The normalized spacial score (nSPS) is 14.5. The van der Waals surface area contributed by atoms with E-state index in [-0.39, 0.29) is 25.2 Å². The Morgan fingerprint density at radius 1 is 0.974 bits per heavy atom. The molecule has 39 heavy (non-hydrogen) atoms. The molecule has 8 nitrogen and oxygen atoms in total. The minimum absolute atomic E-state index is 0.0527. The van der Waals surface area contributed by atoms with E-state index in [1.807, 2.05) is 12.1 Å². The van der Waals surface area contributed by atoms with Gasteiger partial charge in [-0.15, -0.1) is 0 Å². The molecule has 0 radical (unpaired) electrons. The van der Waals surface area contributed by atoms with E-state index in [4.69, 9.17) is 42.1 Å². The Kier molecular flexibility index (Phi) is 13.2. The number of carbonyl (C=O) groups is 2. The molecule has 1 atom stereocenters. The topological polar surface area (TPSA) is 94.5 Å². The molecule has 1 saturated carbocycles. The van der Waals surface area contributed by atoms with Gasteiger partial charge in [0.1, 0.15) is 18.5 Å². The van der Waals surface area contributed by atoms with Gasteiger partial charge in [0.15, 0.2) is 6.10 Å². The quantitative estimate of drug-likeness (QED) is 0.243. The smallest absolute Gasteiger partial charge is 0.410 e. The van der Waals surface area contributed by atoms with Gasteiger partial charge in [0.2, 0.25) is 0 Å². The highest BCUT2D eigenvalue weighted by Crippen LogP contribution is 2.22. The van der Waals surface area contributed by atoms with E-state index in [2.05, 4.69) is 0 Å². The van der Waals surface area contributed by atoms with E-state index in [9.17, 15) is 14.7 Å². The third kappa shape index (κ3) is 11.2. The van der Waals surface area contributed by atoms with E-state index in [1.54, 1.807) is 42.2 Å². The van der Waals surface area contributed by atoms with Crippen molar-refractivity contribution in [1.82, 2.24) is 4.90 Å². The third-order valence-electron chi connectivity index (χ3n) is 6.39. The number of rotatable bonds is 15. The second kappa shape index (κ2) is 16.6. The molecule has 3 rings (SSSR count). The van der Waals surface area contributed by atoms with Crippen molar-refractivity contribution in [2.75, 3.05) is 32.9 Å². The molecular weight excluding hydrogens is 545 g/mol. The van der Waals surface area contributed by atoms with Crippen LogP contribution in [0.15, 0.2) is 42.5 Å². The van der Waals surface area contributed by atoms with Crippen molar-refractivity contribution in [1.29, 1.82) is 0 Å². The number of ether oxygens (including phenoxy) is 4. The summed E-state index contributed by atoms with van der Waals surface area (Å²) in [5.74, 6) is -0.366. The molecule has 0 aliphatic heterocycles. The van der Waals surface area contributed by atoms with E-state index in [0.717, 1.165) is 36.8 Å². The molecule has 1 aliphatic rings. The summed E-state index contributed by atoms with van der Waals surface area (Å²) in [6.45, 7) is 3.66. The molecule has 1 N–H and O–H groups in total. The first kappa shape index (κ1) is 31.0. The second-order valence-corrected chi connectivity index (χ2v) is 10.3. The number of halogens is 2. The van der Waals surface area contributed by atoms with Gasteiger partial charge in [-0.3, -0.25) is 0 Å². The first-order valence-corrected chi connectivity index (χ1v) is 14.1. The van der Waals surface area contributed by atoms with Crippen molar-refractivity contribution >= 4 is 35.3 Å². The SMILES string of the molecule is CCOC(Cc1ccc(OCCN(CCOCc2cc(Cl)cc(Cl)c2)C(=O)OC2CCCCC2)cc1)C(=O)O. The average Bonchev–Trinajstić information content (AvgIpc) is 2.90. The van der Waals surface area contributed by atoms with Crippen molar-refractivity contribution in [3.05, 3.63) is 63.6 Å². The molecule has 1 aliphatic carbocycles. The lowest BCUT2D eigenvalue weighted by Gasteiger charge is -2.27. The van der Waals surface area contributed by atoms with Crippen LogP contribution in [-0.2, 0) is 32.0 Å². The first-order chi connectivity index (χ1) is 18.8. The number of aliphatic carboxylic acids is 1. The molecule has 1 fully saturated rings. The Hall–Kier alpha value is -2.52. The highest BCUT2D eigenvalue weighted by Gasteiger charge is 2.22. The number of carboxylic acid groups (broad SMARTS) is 1. The maximum atomic E-state index is 13.0. The van der Waals surface area contributed by atoms with Gasteiger partial charge in [-0.05, 0) is 74.1 Å². The van der Waals surface area contributed by atoms with Crippen LogP contribution in [0.1, 0.15) is 50.2 Å². The third-order valence-corrected chi connectivity index (χ3v) is 6.83. The van der Waals surface area contributed by atoms with Gasteiger partial charge in [-0.25, -0.2) is 9.59 Å². The average molecular weight is 583 g/mol. The molecule has 2 aromatic rings. The number of hydrogen-bond donors (Lipinski definition) is 1. The van der Waals surface area contributed by atoms with Crippen LogP contribution in [0.25, 0.3) is 0 Å². The Balaban J connectivity index is 1.50. The monoisotopic (exact) mass is 581 g/mol. The van der Waals surface area contributed by atoms with Gasteiger partial charge in [-0.2, -0.15) is 0 Å². The number of carbonyl (C=O) groups excluding carboxylic acids is 1. The van der Waals surface area contributed by atoms with Crippen LogP contribution in [0.5, 0.6) is 5.75 Å². The lowest BCUT2D eigenvalue weighted by atomic mass is 9.98. The number of carboxylic acids is 1. The summed E-state index contributed by atoms with van der Waals surface area (Å²) in [5, 5.41) is 10.4. The van der Waals surface area contributed by atoms with Crippen LogP contribution in [0.4, 0.5) is 4.79 Å². The van der Waals surface area contributed by atoms with Gasteiger partial charge in [0.05, 0.1) is 19.8 Å². The zero-order valence-electron chi connectivity index (χ0n) is 22.3. The number of benzene rings is 2. The standard InChI is InChI=1S/C29H37Cl2NO7/c1-2-37-27(28(33)34)18-21-8-10-25(11-9-21)38-15-13-32(29(35)39-26-6-4-3-5-7-26)12-14-36-20-22-16-23(30)19-24(31)17-22/h8-11,16-17,19,26-27H,2-7,12-15,18,20H2,1H3,(H,33,34). The molecule has 0 spiro atoms. The van der Waals surface area contributed by atoms with Gasteiger partial charge < -0.3 is 29.0 Å². The van der Waals surface area contributed by atoms with Crippen LogP contribution in [-0.4, -0.2) is 67.2 Å². The van der Waals surface area contributed by atoms with Crippen LogP contribution < -0.4 is 4.74 Å².